The first-order chi connectivity index (χ1) is 13.5. The number of thiol groups is 1. The van der Waals surface area contributed by atoms with E-state index >= 15 is 0 Å². The Hall–Kier alpha value is -1.85. The summed E-state index contributed by atoms with van der Waals surface area (Å²) < 4.78 is 0. The quantitative estimate of drug-likeness (QED) is 0.180. The minimum Gasteiger partial charge on any atom is -0.480 e. The average Bonchev–Trinajstić information content (AvgIpc) is 2.71. The van der Waals surface area contributed by atoms with E-state index in [1.807, 2.05) is 6.92 Å². The first kappa shape index (κ1) is 27.1. The van der Waals surface area contributed by atoms with Gasteiger partial charge in [0.15, 0.2) is 0 Å². The van der Waals surface area contributed by atoms with E-state index in [1.165, 1.54) is 0 Å². The predicted octanol–water partition coefficient (Wildman–Crippen LogP) is -1.13. The van der Waals surface area contributed by atoms with Crippen molar-refractivity contribution < 1.29 is 29.4 Å². The van der Waals surface area contributed by atoms with Crippen LogP contribution >= 0.6 is 12.6 Å². The third-order valence-corrected chi connectivity index (χ3v) is 5.33. The number of nitrogens with two attached hydrogens (primary N) is 1. The van der Waals surface area contributed by atoms with Crippen molar-refractivity contribution in [3.05, 3.63) is 0 Å². The van der Waals surface area contributed by atoms with E-state index in [9.17, 15) is 29.4 Å². The minimum absolute atomic E-state index is 0.108. The summed E-state index contributed by atoms with van der Waals surface area (Å²) in [6, 6.07) is -4.42. The number of hydrogen-bond donors (Lipinski definition) is 7. The molecule has 10 nitrogen and oxygen atoms in total. The summed E-state index contributed by atoms with van der Waals surface area (Å²) >= 11 is 4.03. The minimum atomic E-state index is -1.31. The largest absolute Gasteiger partial charge is 0.480 e. The lowest BCUT2D eigenvalue weighted by atomic mass is 9.99. The number of hydrogen-bond acceptors (Lipinski definition) is 7. The Balaban J connectivity index is 5.07. The standard InChI is InChI=1S/C18H34N4O6S/c1-5-9(3)13(19)17(26)20-11(7-23)15(24)21-12(8-29)16(25)22-14(18(27)28)10(4)6-2/h9-14,23,29H,5-8,19H2,1-4H3,(H,20,26)(H,21,24)(H,22,25)(H,27,28). The van der Waals surface area contributed by atoms with E-state index < -0.39 is 54.5 Å². The molecule has 0 heterocycles. The summed E-state index contributed by atoms with van der Waals surface area (Å²) in [7, 11) is 0. The van der Waals surface area contributed by atoms with Gasteiger partial charge in [0, 0.05) is 5.75 Å². The molecular formula is C18H34N4O6S. The zero-order valence-corrected chi connectivity index (χ0v) is 18.2. The number of aliphatic hydroxyl groups is 1. The molecule has 0 saturated heterocycles. The molecule has 0 aromatic rings. The van der Waals surface area contributed by atoms with E-state index in [4.69, 9.17) is 5.73 Å². The fraction of sp³-hybridized carbons (Fsp3) is 0.778. The number of carbonyl (C=O) groups excluding carboxylic acids is 3. The highest BCUT2D eigenvalue weighted by molar-refractivity contribution is 7.80. The number of amides is 3. The maximum atomic E-state index is 12.4. The Morgan fingerprint density at radius 1 is 0.897 bits per heavy atom. The van der Waals surface area contributed by atoms with Crippen molar-refractivity contribution in [2.45, 2.75) is 64.7 Å². The molecular weight excluding hydrogens is 400 g/mol. The van der Waals surface area contributed by atoms with Crippen LogP contribution in [0.25, 0.3) is 0 Å². The number of aliphatic hydroxyl groups excluding tert-OH is 1. The third kappa shape index (κ3) is 8.58. The third-order valence-electron chi connectivity index (χ3n) is 4.97. The lowest BCUT2D eigenvalue weighted by molar-refractivity contribution is -0.143. The molecule has 0 aliphatic rings. The van der Waals surface area contributed by atoms with E-state index in [-0.39, 0.29) is 17.6 Å². The number of aliphatic carboxylic acids is 1. The zero-order chi connectivity index (χ0) is 22.7. The Kier molecular flexibility index (Phi) is 12.5. The summed E-state index contributed by atoms with van der Waals surface area (Å²) in [5, 5.41) is 25.9. The Morgan fingerprint density at radius 3 is 1.79 bits per heavy atom. The fourth-order valence-corrected chi connectivity index (χ4v) is 2.63. The molecule has 29 heavy (non-hydrogen) atoms. The Labute approximate surface area is 176 Å². The van der Waals surface area contributed by atoms with Gasteiger partial charge in [0.2, 0.25) is 17.7 Å². The van der Waals surface area contributed by atoms with Crippen molar-refractivity contribution in [1.29, 1.82) is 0 Å². The van der Waals surface area contributed by atoms with Crippen LogP contribution in [0.1, 0.15) is 40.5 Å². The van der Waals surface area contributed by atoms with Crippen molar-refractivity contribution in [1.82, 2.24) is 16.0 Å². The lowest BCUT2D eigenvalue weighted by Gasteiger charge is -2.25. The molecule has 0 aromatic carbocycles. The average molecular weight is 435 g/mol. The number of nitrogens with one attached hydrogen (secondary N) is 3. The van der Waals surface area contributed by atoms with Gasteiger partial charge in [-0.15, -0.1) is 0 Å². The molecule has 0 aromatic heterocycles. The Morgan fingerprint density at radius 2 is 1.38 bits per heavy atom. The van der Waals surface area contributed by atoms with Crippen molar-refractivity contribution in [3.8, 4) is 0 Å². The van der Waals surface area contributed by atoms with E-state index in [0.717, 1.165) is 0 Å². The molecule has 0 spiro atoms. The Bertz CT molecular complexity index is 577. The van der Waals surface area contributed by atoms with Crippen molar-refractivity contribution in [3.63, 3.8) is 0 Å². The summed E-state index contributed by atoms with van der Waals surface area (Å²) in [6.07, 6.45) is 1.19. The second-order valence-corrected chi connectivity index (χ2v) is 7.47. The van der Waals surface area contributed by atoms with Crippen LogP contribution in [0.3, 0.4) is 0 Å². The van der Waals surface area contributed by atoms with Crippen LogP contribution in [-0.2, 0) is 19.2 Å². The maximum absolute atomic E-state index is 12.4. The first-order valence-corrected chi connectivity index (χ1v) is 10.3. The lowest BCUT2D eigenvalue weighted by Crippen LogP contribution is -2.59. The molecule has 11 heteroatoms. The highest BCUT2D eigenvalue weighted by Gasteiger charge is 2.31. The van der Waals surface area contributed by atoms with Crippen molar-refractivity contribution in [2.24, 2.45) is 17.6 Å². The molecule has 0 saturated carbocycles. The van der Waals surface area contributed by atoms with Gasteiger partial charge < -0.3 is 31.9 Å². The fourth-order valence-electron chi connectivity index (χ4n) is 2.38. The van der Waals surface area contributed by atoms with Crippen molar-refractivity contribution in [2.75, 3.05) is 12.4 Å². The van der Waals surface area contributed by atoms with Crippen LogP contribution in [0, 0.1) is 11.8 Å². The van der Waals surface area contributed by atoms with Crippen LogP contribution in [0.15, 0.2) is 0 Å². The molecule has 0 fully saturated rings. The summed E-state index contributed by atoms with van der Waals surface area (Å²) in [6.45, 7) is 6.44. The topological polar surface area (TPSA) is 171 Å². The number of carboxylic acid groups (broad SMARTS) is 1. The van der Waals surface area contributed by atoms with E-state index in [2.05, 4.69) is 28.6 Å². The van der Waals surface area contributed by atoms with Gasteiger partial charge in [0.25, 0.3) is 0 Å². The smallest absolute Gasteiger partial charge is 0.326 e. The summed E-state index contributed by atoms with van der Waals surface area (Å²) in [4.78, 5) is 48.3. The zero-order valence-electron chi connectivity index (χ0n) is 17.3. The normalized spacial score (nSPS) is 17.2. The van der Waals surface area contributed by atoms with Crippen LogP contribution in [0.5, 0.6) is 0 Å². The van der Waals surface area contributed by atoms with Crippen LogP contribution in [-0.4, -0.2) is 70.4 Å². The van der Waals surface area contributed by atoms with Crippen LogP contribution < -0.4 is 21.7 Å². The van der Waals surface area contributed by atoms with Gasteiger partial charge in [-0.05, 0) is 11.8 Å². The van der Waals surface area contributed by atoms with Crippen LogP contribution in [0.4, 0.5) is 0 Å². The molecule has 0 rings (SSSR count). The van der Waals surface area contributed by atoms with Gasteiger partial charge in [0.05, 0.1) is 12.6 Å². The van der Waals surface area contributed by atoms with Gasteiger partial charge in [-0.2, -0.15) is 12.6 Å². The van der Waals surface area contributed by atoms with Crippen LogP contribution in [0.2, 0.25) is 0 Å². The number of carboxylic acids is 1. The van der Waals surface area contributed by atoms with E-state index in [1.54, 1.807) is 20.8 Å². The molecule has 7 N–H and O–H groups in total. The second-order valence-electron chi connectivity index (χ2n) is 7.11. The molecule has 6 atom stereocenters. The maximum Gasteiger partial charge on any atom is 0.326 e. The van der Waals surface area contributed by atoms with Gasteiger partial charge in [0.1, 0.15) is 18.1 Å². The van der Waals surface area contributed by atoms with Gasteiger partial charge in [-0.1, -0.05) is 40.5 Å². The molecule has 6 unspecified atom stereocenters. The number of carbonyl (C=O) groups is 4. The highest BCUT2D eigenvalue weighted by Crippen LogP contribution is 2.09. The first-order valence-electron chi connectivity index (χ1n) is 9.65. The highest BCUT2D eigenvalue weighted by atomic mass is 32.1. The second kappa shape index (κ2) is 13.4. The molecule has 3 amide bonds. The molecule has 168 valence electrons. The predicted molar refractivity (Wildman–Crippen MR) is 111 cm³/mol. The SMILES string of the molecule is CCC(C)C(N)C(=O)NC(CO)C(=O)NC(CS)C(=O)NC(C(=O)O)C(C)CC. The van der Waals surface area contributed by atoms with Gasteiger partial charge in [-0.25, -0.2) is 4.79 Å². The molecule has 0 aliphatic carbocycles. The summed E-state index contributed by atoms with van der Waals surface area (Å²) in [5.74, 6) is -3.86. The van der Waals surface area contributed by atoms with Crippen molar-refractivity contribution >= 4 is 36.3 Å². The monoisotopic (exact) mass is 434 g/mol. The molecule has 0 aliphatic heterocycles. The number of rotatable bonds is 13. The molecule has 0 radical (unpaired) electrons. The van der Waals surface area contributed by atoms with Gasteiger partial charge in [-0.3, -0.25) is 14.4 Å². The van der Waals surface area contributed by atoms with Gasteiger partial charge >= 0.3 is 5.97 Å². The molecule has 0 bridgehead atoms. The summed E-state index contributed by atoms with van der Waals surface area (Å²) in [5.41, 5.74) is 5.82. The van der Waals surface area contributed by atoms with E-state index in [0.29, 0.717) is 12.8 Å².